The zero-order valence-electron chi connectivity index (χ0n) is 18.3. The molecule has 1 amide bonds. The normalized spacial score (nSPS) is 30.7. The van der Waals surface area contributed by atoms with Gasteiger partial charge in [-0.15, -0.1) is 0 Å². The first-order valence-electron chi connectivity index (χ1n) is 11.6. The highest BCUT2D eigenvalue weighted by Gasteiger charge is 2.63. The number of amides is 1. The molecule has 0 radical (unpaired) electrons. The maximum absolute atomic E-state index is 13.0. The summed E-state index contributed by atoms with van der Waals surface area (Å²) in [5, 5.41) is 10.6. The Hall–Kier alpha value is -1.88. The third-order valence-electron chi connectivity index (χ3n) is 7.80. The van der Waals surface area contributed by atoms with Crippen molar-refractivity contribution in [2.45, 2.75) is 77.3 Å². The topological polar surface area (TPSA) is 61.0 Å². The minimum absolute atomic E-state index is 0.0416. The number of aryl methyl sites for hydroxylation is 1. The first-order valence-corrected chi connectivity index (χ1v) is 11.6. The van der Waals surface area contributed by atoms with Crippen LogP contribution in [0.15, 0.2) is 18.2 Å². The van der Waals surface area contributed by atoms with Crippen LogP contribution in [-0.2, 0) is 0 Å². The van der Waals surface area contributed by atoms with Crippen LogP contribution >= 0.6 is 0 Å². The maximum Gasteiger partial charge on any atom is 0.272 e. The van der Waals surface area contributed by atoms with Crippen molar-refractivity contribution in [2.24, 2.45) is 11.8 Å². The fourth-order valence-corrected chi connectivity index (χ4v) is 5.94. The molecule has 1 aromatic rings. The lowest BCUT2D eigenvalue weighted by Crippen LogP contribution is -2.64. The first-order chi connectivity index (χ1) is 14.1. The van der Waals surface area contributed by atoms with Gasteiger partial charge in [-0.2, -0.15) is 5.10 Å². The second-order valence-corrected chi connectivity index (χ2v) is 9.03. The van der Waals surface area contributed by atoms with Crippen LogP contribution in [0.1, 0.15) is 80.5 Å². The van der Waals surface area contributed by atoms with E-state index in [1.54, 1.807) is 0 Å². The van der Waals surface area contributed by atoms with Gasteiger partial charge >= 0.3 is 0 Å². The average molecular weight is 397 g/mol. The Balaban J connectivity index is 0.000000994. The van der Waals surface area contributed by atoms with Crippen LogP contribution in [0.2, 0.25) is 0 Å². The van der Waals surface area contributed by atoms with E-state index in [0.717, 1.165) is 17.8 Å². The molecule has 2 N–H and O–H groups in total. The Morgan fingerprint density at radius 3 is 2.62 bits per heavy atom. The van der Waals surface area contributed by atoms with Gasteiger partial charge in [0.05, 0.1) is 0 Å². The molecule has 3 atom stereocenters. The number of hydrogen-bond donors (Lipinski definition) is 2. The number of nitrogens with zero attached hydrogens (tertiary/aromatic N) is 2. The molecule has 5 heteroatoms. The van der Waals surface area contributed by atoms with Crippen LogP contribution in [0.5, 0.6) is 0 Å². The van der Waals surface area contributed by atoms with E-state index in [1.165, 1.54) is 57.1 Å². The van der Waals surface area contributed by atoms with Gasteiger partial charge in [0.1, 0.15) is 0 Å². The Kier molecular flexibility index (Phi) is 5.69. The van der Waals surface area contributed by atoms with E-state index in [0.29, 0.717) is 23.1 Å². The van der Waals surface area contributed by atoms with Crippen molar-refractivity contribution in [1.29, 1.82) is 0 Å². The van der Waals surface area contributed by atoms with Crippen LogP contribution < -0.4 is 5.32 Å². The molecule has 1 aromatic heterocycles. The molecular formula is C24H36N4O. The summed E-state index contributed by atoms with van der Waals surface area (Å²) in [6.45, 7) is 12.4. The van der Waals surface area contributed by atoms with E-state index in [2.05, 4.69) is 33.1 Å². The molecule has 0 aromatic carbocycles. The van der Waals surface area contributed by atoms with Gasteiger partial charge in [0, 0.05) is 35.9 Å². The lowest BCUT2D eigenvalue weighted by atomic mass is 9.61. The second-order valence-electron chi connectivity index (χ2n) is 9.03. The highest BCUT2D eigenvalue weighted by molar-refractivity contribution is 5.96. The van der Waals surface area contributed by atoms with Crippen LogP contribution in [-0.4, -0.2) is 45.7 Å². The number of allylic oxidation sites excluding steroid dienone is 2. The van der Waals surface area contributed by atoms with Gasteiger partial charge in [-0.3, -0.25) is 14.8 Å². The Morgan fingerprint density at radius 1 is 1.28 bits per heavy atom. The highest BCUT2D eigenvalue weighted by atomic mass is 16.2. The largest absolute Gasteiger partial charge is 0.346 e. The molecule has 2 saturated carbocycles. The van der Waals surface area contributed by atoms with Crippen LogP contribution in [0.3, 0.4) is 0 Å². The molecule has 4 fully saturated rings. The van der Waals surface area contributed by atoms with E-state index >= 15 is 0 Å². The number of rotatable bonds is 5. The van der Waals surface area contributed by atoms with Gasteiger partial charge in [0.25, 0.3) is 5.91 Å². The lowest BCUT2D eigenvalue weighted by molar-refractivity contribution is -0.0676. The van der Waals surface area contributed by atoms with E-state index in [-0.39, 0.29) is 11.9 Å². The van der Waals surface area contributed by atoms with E-state index in [9.17, 15) is 4.79 Å². The fourth-order valence-electron chi connectivity index (χ4n) is 5.94. The van der Waals surface area contributed by atoms with E-state index in [4.69, 9.17) is 0 Å². The van der Waals surface area contributed by atoms with Crippen molar-refractivity contribution in [3.63, 3.8) is 0 Å². The Labute approximate surface area is 175 Å². The lowest BCUT2D eigenvalue weighted by Gasteiger charge is -2.58. The van der Waals surface area contributed by atoms with Crippen molar-refractivity contribution in [3.8, 4) is 0 Å². The zero-order chi connectivity index (χ0) is 20.6. The molecule has 3 heterocycles. The molecule has 2 aliphatic heterocycles. The molecule has 0 bridgehead atoms. The van der Waals surface area contributed by atoms with E-state index < -0.39 is 0 Å². The highest BCUT2D eigenvalue weighted by Crippen LogP contribution is 2.57. The van der Waals surface area contributed by atoms with Crippen molar-refractivity contribution < 1.29 is 4.79 Å². The Morgan fingerprint density at radius 2 is 2.03 bits per heavy atom. The Bertz CT molecular complexity index is 800. The molecule has 2 aliphatic carbocycles. The molecule has 158 valence electrons. The monoisotopic (exact) mass is 396 g/mol. The fraction of sp³-hybridized carbons (Fsp3) is 0.667. The third-order valence-corrected chi connectivity index (χ3v) is 7.80. The number of H-pyrrole nitrogens is 1. The summed E-state index contributed by atoms with van der Waals surface area (Å²) in [7, 11) is 0. The number of nitrogens with one attached hydrogen (secondary N) is 2. The molecule has 29 heavy (non-hydrogen) atoms. The zero-order valence-corrected chi connectivity index (χ0v) is 18.3. The average Bonchev–Trinajstić information content (AvgIpc) is 3.36. The quantitative estimate of drug-likeness (QED) is 0.722. The standard InChI is InChI=1S/C22H30N4O.C2H6/c1-14(16-5-3-4-6-16)7-8-17-15(2)24-25-20(17)21(27)23-19-13-26-12-11-22(26)10-9-18(19)22;1-2/h7-8,16,18-19H,1,3-6,9-13H2,2H3,(H,23,27)(H,24,25);1-2H3/b8-7-;. The minimum Gasteiger partial charge on any atom is -0.346 e. The second kappa shape index (κ2) is 8.10. The number of carbonyl (C=O) groups is 1. The van der Waals surface area contributed by atoms with Crippen molar-refractivity contribution in [2.75, 3.05) is 13.1 Å². The molecular weight excluding hydrogens is 360 g/mol. The van der Waals surface area contributed by atoms with Gasteiger partial charge in [0.15, 0.2) is 5.69 Å². The van der Waals surface area contributed by atoms with Gasteiger partial charge in [-0.1, -0.05) is 51.0 Å². The van der Waals surface area contributed by atoms with Crippen LogP contribution in [0.4, 0.5) is 0 Å². The maximum atomic E-state index is 13.0. The van der Waals surface area contributed by atoms with Crippen molar-refractivity contribution in [1.82, 2.24) is 20.4 Å². The summed E-state index contributed by atoms with van der Waals surface area (Å²) < 4.78 is 0. The molecule has 2 saturated heterocycles. The summed E-state index contributed by atoms with van der Waals surface area (Å²) in [5.74, 6) is 1.19. The first kappa shape index (κ1) is 20.4. The smallest absolute Gasteiger partial charge is 0.272 e. The molecule has 3 unspecified atom stereocenters. The van der Waals surface area contributed by atoms with Crippen LogP contribution in [0.25, 0.3) is 6.08 Å². The number of aromatic nitrogens is 2. The van der Waals surface area contributed by atoms with Crippen LogP contribution in [0, 0.1) is 18.8 Å². The molecule has 5 rings (SSSR count). The van der Waals surface area contributed by atoms with Crippen molar-refractivity contribution >= 4 is 12.0 Å². The van der Waals surface area contributed by atoms with Gasteiger partial charge in [0.2, 0.25) is 0 Å². The number of aromatic amines is 1. The predicted molar refractivity (Wildman–Crippen MR) is 118 cm³/mol. The van der Waals surface area contributed by atoms with Gasteiger partial charge in [-0.25, -0.2) is 0 Å². The van der Waals surface area contributed by atoms with Crippen molar-refractivity contribution in [3.05, 3.63) is 35.2 Å². The molecule has 1 spiro atoms. The number of hydrogen-bond acceptors (Lipinski definition) is 3. The molecule has 4 aliphatic rings. The third kappa shape index (κ3) is 3.37. The minimum atomic E-state index is -0.0416. The summed E-state index contributed by atoms with van der Waals surface area (Å²) in [6.07, 6.45) is 13.1. The van der Waals surface area contributed by atoms with Gasteiger partial charge < -0.3 is 5.32 Å². The predicted octanol–water partition coefficient (Wildman–Crippen LogP) is 4.47. The number of carbonyl (C=O) groups excluding carboxylic acids is 1. The SMILES string of the molecule is C=C(/C=C\c1c(C(=O)NC2CN3CCC34CCC24)n[nH]c1C)C1CCCC1.CC. The summed E-state index contributed by atoms with van der Waals surface area (Å²) >= 11 is 0. The van der Waals surface area contributed by atoms with Gasteiger partial charge in [-0.05, 0) is 50.9 Å². The molecule has 5 nitrogen and oxygen atoms in total. The summed E-state index contributed by atoms with van der Waals surface area (Å²) in [4.78, 5) is 15.6. The summed E-state index contributed by atoms with van der Waals surface area (Å²) in [6, 6.07) is 0.274. The van der Waals surface area contributed by atoms with E-state index in [1.807, 2.05) is 26.8 Å². The summed E-state index contributed by atoms with van der Waals surface area (Å²) in [5.41, 5.74) is 3.96.